The minimum atomic E-state index is -0.614. The molecule has 0 radical (unpaired) electrons. The molecular formula is C22H18BrClN6OS. The number of ether oxygens (including phenoxy) is 1. The van der Waals surface area contributed by atoms with Crippen molar-refractivity contribution >= 4 is 45.0 Å². The molecule has 0 bridgehead atoms. The zero-order chi connectivity index (χ0) is 22.2. The Balaban J connectivity index is 1.65. The van der Waals surface area contributed by atoms with E-state index < -0.39 is 6.23 Å². The first-order valence-corrected chi connectivity index (χ1v) is 12.1. The largest absolute Gasteiger partial charge is 0.447 e. The molecule has 3 heterocycles. The molecule has 5 rings (SSSR count). The molecule has 4 aromatic rings. The maximum absolute atomic E-state index is 6.83. The van der Waals surface area contributed by atoms with E-state index in [0.717, 1.165) is 38.4 Å². The number of aromatic nitrogens is 5. The number of thioether (sulfide) groups is 1. The Kier molecular flexibility index (Phi) is 5.79. The minimum Gasteiger partial charge on any atom is -0.447 e. The number of fused-ring (bicyclic) bond motifs is 3. The molecule has 0 spiro atoms. The zero-order valence-corrected chi connectivity index (χ0v) is 20.4. The first kappa shape index (κ1) is 21.2. The minimum absolute atomic E-state index is 0.397. The van der Waals surface area contributed by atoms with Crippen LogP contribution in [0.3, 0.4) is 0 Å². The standard InChI is InChI=1S/C22H18BrClN6OS/c1-3-32-22-26-21-18(27-28-22)15-11-13(23)9-10-16(15)25-20(31-21)17-12(2)29-30(19(17)24)14-7-5-4-6-8-14/h4-11,20,25H,3H2,1-2H3. The van der Waals surface area contributed by atoms with Gasteiger partial charge in [-0.25, -0.2) is 4.68 Å². The summed E-state index contributed by atoms with van der Waals surface area (Å²) in [5.74, 6) is 1.23. The van der Waals surface area contributed by atoms with Gasteiger partial charge >= 0.3 is 0 Å². The highest BCUT2D eigenvalue weighted by Crippen LogP contribution is 2.42. The second kappa shape index (κ2) is 8.73. The van der Waals surface area contributed by atoms with E-state index in [1.54, 1.807) is 4.68 Å². The van der Waals surface area contributed by atoms with Crippen LogP contribution in [-0.4, -0.2) is 30.7 Å². The summed E-state index contributed by atoms with van der Waals surface area (Å²) in [7, 11) is 0. The molecule has 1 atom stereocenters. The monoisotopic (exact) mass is 528 g/mol. The van der Waals surface area contributed by atoms with E-state index in [-0.39, 0.29) is 0 Å². The summed E-state index contributed by atoms with van der Waals surface area (Å²) in [5, 5.41) is 17.8. The predicted octanol–water partition coefficient (Wildman–Crippen LogP) is 6.06. The van der Waals surface area contributed by atoms with E-state index in [2.05, 4.69) is 41.5 Å². The van der Waals surface area contributed by atoms with Gasteiger partial charge in [0.05, 0.1) is 16.9 Å². The average molecular weight is 530 g/mol. The zero-order valence-electron chi connectivity index (χ0n) is 17.2. The molecule has 0 fully saturated rings. The fraction of sp³-hybridized carbons (Fsp3) is 0.182. The molecule has 2 aromatic heterocycles. The van der Waals surface area contributed by atoms with Crippen molar-refractivity contribution in [2.24, 2.45) is 0 Å². The average Bonchev–Trinajstić information content (AvgIpc) is 3.00. The summed E-state index contributed by atoms with van der Waals surface area (Å²) in [6.45, 7) is 3.95. The molecular weight excluding hydrogens is 512 g/mol. The quantitative estimate of drug-likeness (QED) is 0.322. The van der Waals surface area contributed by atoms with Gasteiger partial charge in [-0.05, 0) is 43.0 Å². The second-order valence-corrected chi connectivity index (χ2v) is 9.56. The Labute approximate surface area is 202 Å². The highest BCUT2D eigenvalue weighted by atomic mass is 79.9. The number of aryl methyl sites for hydroxylation is 1. The Hall–Kier alpha value is -2.62. The lowest BCUT2D eigenvalue weighted by atomic mass is 10.1. The molecule has 0 saturated carbocycles. The highest BCUT2D eigenvalue weighted by Gasteiger charge is 2.31. The Morgan fingerprint density at radius 2 is 2.00 bits per heavy atom. The van der Waals surface area contributed by atoms with E-state index in [4.69, 9.17) is 16.3 Å². The van der Waals surface area contributed by atoms with Crippen molar-refractivity contribution in [3.05, 3.63) is 69.4 Å². The molecule has 32 heavy (non-hydrogen) atoms. The van der Waals surface area contributed by atoms with Gasteiger partial charge in [-0.3, -0.25) is 0 Å². The van der Waals surface area contributed by atoms with Crippen LogP contribution in [0.15, 0.2) is 58.2 Å². The molecule has 10 heteroatoms. The molecule has 1 N–H and O–H groups in total. The maximum atomic E-state index is 6.83. The number of nitrogens with one attached hydrogen (secondary N) is 1. The van der Waals surface area contributed by atoms with Gasteiger partial charge in [-0.15, -0.1) is 10.2 Å². The van der Waals surface area contributed by atoms with E-state index in [0.29, 0.717) is 21.9 Å². The van der Waals surface area contributed by atoms with Crippen molar-refractivity contribution < 1.29 is 4.74 Å². The van der Waals surface area contributed by atoms with Crippen molar-refractivity contribution in [3.63, 3.8) is 0 Å². The lowest BCUT2D eigenvalue weighted by molar-refractivity contribution is 0.224. The van der Waals surface area contributed by atoms with Crippen LogP contribution >= 0.6 is 39.3 Å². The summed E-state index contributed by atoms with van der Waals surface area (Å²) in [4.78, 5) is 4.63. The van der Waals surface area contributed by atoms with Crippen LogP contribution in [0.2, 0.25) is 5.15 Å². The summed E-state index contributed by atoms with van der Waals surface area (Å²) in [5.41, 5.74) is 4.61. The third-order valence-electron chi connectivity index (χ3n) is 4.97. The van der Waals surface area contributed by atoms with Crippen molar-refractivity contribution in [2.45, 2.75) is 25.2 Å². The van der Waals surface area contributed by atoms with Gasteiger partial charge in [0.25, 0.3) is 0 Å². The summed E-state index contributed by atoms with van der Waals surface area (Å²) in [6, 6.07) is 15.6. The molecule has 1 unspecified atom stereocenters. The Morgan fingerprint density at radius 3 is 2.78 bits per heavy atom. The number of benzene rings is 2. The number of hydrogen-bond donors (Lipinski definition) is 1. The molecule has 1 aliphatic rings. The van der Waals surface area contributed by atoms with Gasteiger partial charge in [0.15, 0.2) is 5.69 Å². The van der Waals surface area contributed by atoms with Gasteiger partial charge in [0.1, 0.15) is 5.15 Å². The lowest BCUT2D eigenvalue weighted by Crippen LogP contribution is -2.18. The van der Waals surface area contributed by atoms with Gasteiger partial charge in [0.2, 0.25) is 17.3 Å². The van der Waals surface area contributed by atoms with Crippen LogP contribution in [0.25, 0.3) is 16.9 Å². The maximum Gasteiger partial charge on any atom is 0.247 e. The number of halogens is 2. The third kappa shape index (κ3) is 3.85. The Morgan fingerprint density at radius 1 is 1.19 bits per heavy atom. The van der Waals surface area contributed by atoms with E-state index in [1.807, 2.05) is 62.4 Å². The topological polar surface area (TPSA) is 77.8 Å². The molecule has 2 aromatic carbocycles. The number of rotatable bonds is 4. The number of para-hydroxylation sites is 1. The third-order valence-corrected chi connectivity index (χ3v) is 6.55. The van der Waals surface area contributed by atoms with Gasteiger partial charge < -0.3 is 10.1 Å². The second-order valence-electron chi connectivity index (χ2n) is 7.05. The van der Waals surface area contributed by atoms with Crippen molar-refractivity contribution in [2.75, 3.05) is 11.1 Å². The fourth-order valence-electron chi connectivity index (χ4n) is 3.54. The first-order valence-electron chi connectivity index (χ1n) is 9.96. The van der Waals surface area contributed by atoms with Crippen LogP contribution in [0.1, 0.15) is 24.4 Å². The predicted molar refractivity (Wildman–Crippen MR) is 130 cm³/mol. The molecule has 0 saturated heterocycles. The Bertz CT molecular complexity index is 1300. The smallest absolute Gasteiger partial charge is 0.247 e. The van der Waals surface area contributed by atoms with Crippen LogP contribution in [0, 0.1) is 6.92 Å². The molecule has 7 nitrogen and oxygen atoms in total. The first-order chi connectivity index (χ1) is 15.5. The van der Waals surface area contributed by atoms with Crippen molar-refractivity contribution in [1.82, 2.24) is 25.0 Å². The molecule has 1 aliphatic heterocycles. The van der Waals surface area contributed by atoms with Gasteiger partial charge in [-0.1, -0.05) is 64.4 Å². The molecule has 162 valence electrons. The van der Waals surface area contributed by atoms with Crippen LogP contribution < -0.4 is 10.1 Å². The summed E-state index contributed by atoms with van der Waals surface area (Å²) < 4.78 is 9.00. The lowest BCUT2D eigenvalue weighted by Gasteiger charge is -2.19. The SMILES string of the molecule is CCSc1nnc2c(n1)OC(c1c(C)nn(-c3ccccc3)c1Cl)Nc1ccc(Br)cc1-2. The van der Waals surface area contributed by atoms with Crippen LogP contribution in [-0.2, 0) is 0 Å². The normalized spacial score (nSPS) is 14.7. The highest BCUT2D eigenvalue weighted by molar-refractivity contribution is 9.10. The van der Waals surface area contributed by atoms with Crippen molar-refractivity contribution in [3.8, 4) is 22.8 Å². The number of nitrogens with zero attached hydrogens (tertiary/aromatic N) is 5. The fourth-order valence-corrected chi connectivity index (χ4v) is 4.78. The van der Waals surface area contributed by atoms with E-state index >= 15 is 0 Å². The van der Waals surface area contributed by atoms with Gasteiger partial charge in [0, 0.05) is 15.7 Å². The summed E-state index contributed by atoms with van der Waals surface area (Å²) >= 11 is 11.9. The number of anilines is 1. The summed E-state index contributed by atoms with van der Waals surface area (Å²) in [6.07, 6.45) is -0.614. The van der Waals surface area contributed by atoms with E-state index in [9.17, 15) is 0 Å². The molecule has 0 amide bonds. The molecule has 0 aliphatic carbocycles. The van der Waals surface area contributed by atoms with Crippen LogP contribution in [0.4, 0.5) is 5.69 Å². The van der Waals surface area contributed by atoms with Crippen LogP contribution in [0.5, 0.6) is 5.88 Å². The van der Waals surface area contributed by atoms with E-state index in [1.165, 1.54) is 11.8 Å². The van der Waals surface area contributed by atoms with Crippen molar-refractivity contribution in [1.29, 1.82) is 0 Å². The number of hydrogen-bond acceptors (Lipinski definition) is 7. The van der Waals surface area contributed by atoms with Gasteiger partial charge in [-0.2, -0.15) is 10.1 Å².